The number of ether oxygens (including phenoxy) is 1. The van der Waals surface area contributed by atoms with E-state index in [-0.39, 0.29) is 11.4 Å². The van der Waals surface area contributed by atoms with Gasteiger partial charge in [0.1, 0.15) is 0 Å². The fraction of sp³-hybridized carbons (Fsp3) is 0.143. The lowest BCUT2D eigenvalue weighted by Gasteiger charge is -2.02. The van der Waals surface area contributed by atoms with Crippen molar-refractivity contribution in [3.63, 3.8) is 0 Å². The molecule has 64 valence electrons. The highest BCUT2D eigenvalue weighted by Crippen LogP contribution is 2.23. The van der Waals surface area contributed by atoms with Crippen LogP contribution < -0.4 is 4.74 Å². The number of rotatable bonds is 2. The maximum atomic E-state index is 12.8. The van der Waals surface area contributed by atoms with Crippen LogP contribution in [-0.2, 0) is 0 Å². The summed E-state index contributed by atoms with van der Waals surface area (Å²) >= 11 is 3.07. The third kappa shape index (κ3) is 1.61. The van der Waals surface area contributed by atoms with Gasteiger partial charge < -0.3 is 4.74 Å². The average Bonchev–Trinajstić information content (AvgIpc) is 2.08. The van der Waals surface area contributed by atoms with Crippen LogP contribution in [0.5, 0.6) is 5.88 Å². The number of methoxy groups -OCH3 is 1. The zero-order valence-electron chi connectivity index (χ0n) is 6.17. The number of carbonyl (C=O) groups excluding carboxylic acids is 1. The molecule has 3 nitrogen and oxygen atoms in total. The molecule has 0 bridgehead atoms. The van der Waals surface area contributed by atoms with E-state index in [0.717, 1.165) is 0 Å². The minimum absolute atomic E-state index is 0.0947. The highest BCUT2D eigenvalue weighted by Gasteiger charge is 2.08. The monoisotopic (exact) mass is 233 g/mol. The van der Waals surface area contributed by atoms with Gasteiger partial charge in [0.15, 0.2) is 6.29 Å². The minimum atomic E-state index is -0.829. The van der Waals surface area contributed by atoms with Crippen LogP contribution in [-0.4, -0.2) is 18.4 Å². The van der Waals surface area contributed by atoms with E-state index in [0.29, 0.717) is 10.8 Å². The second kappa shape index (κ2) is 3.62. The van der Waals surface area contributed by atoms with Gasteiger partial charge >= 0.3 is 0 Å². The fourth-order valence-electron chi connectivity index (χ4n) is 0.691. The number of aromatic nitrogens is 1. The largest absolute Gasteiger partial charge is 0.480 e. The number of pyridine rings is 1. The maximum absolute atomic E-state index is 12.8. The molecule has 0 spiro atoms. The van der Waals surface area contributed by atoms with Gasteiger partial charge in [-0.15, -0.1) is 0 Å². The molecule has 0 radical (unpaired) electrons. The zero-order chi connectivity index (χ0) is 9.14. The van der Waals surface area contributed by atoms with Crippen molar-refractivity contribution in [1.82, 2.24) is 4.98 Å². The van der Waals surface area contributed by atoms with Crippen molar-refractivity contribution in [3.8, 4) is 5.88 Å². The molecule has 0 N–H and O–H groups in total. The van der Waals surface area contributed by atoms with Gasteiger partial charge in [-0.1, -0.05) is 0 Å². The van der Waals surface area contributed by atoms with Crippen molar-refractivity contribution in [3.05, 3.63) is 22.1 Å². The first-order valence-corrected chi connectivity index (χ1v) is 3.83. The Balaban J connectivity index is 3.25. The van der Waals surface area contributed by atoms with Gasteiger partial charge in [-0.2, -0.15) is 9.37 Å². The third-order valence-corrected chi connectivity index (χ3v) is 1.81. The van der Waals surface area contributed by atoms with Gasteiger partial charge in [0.05, 0.1) is 17.1 Å². The lowest BCUT2D eigenvalue weighted by molar-refractivity contribution is 0.111. The van der Waals surface area contributed by atoms with Crippen LogP contribution in [0.1, 0.15) is 10.4 Å². The Morgan fingerprint density at radius 2 is 2.42 bits per heavy atom. The summed E-state index contributed by atoms with van der Waals surface area (Å²) in [6, 6.07) is 1.31. The minimum Gasteiger partial charge on any atom is -0.480 e. The van der Waals surface area contributed by atoms with Gasteiger partial charge in [0.2, 0.25) is 11.8 Å². The zero-order valence-corrected chi connectivity index (χ0v) is 7.76. The molecule has 0 saturated carbocycles. The molecule has 0 amide bonds. The van der Waals surface area contributed by atoms with Crippen molar-refractivity contribution in [2.75, 3.05) is 7.11 Å². The van der Waals surface area contributed by atoms with Gasteiger partial charge in [-0.3, -0.25) is 4.79 Å². The highest BCUT2D eigenvalue weighted by molar-refractivity contribution is 9.10. The Labute approximate surface area is 76.7 Å². The Kier molecular flexibility index (Phi) is 2.75. The van der Waals surface area contributed by atoms with Crippen molar-refractivity contribution in [1.29, 1.82) is 0 Å². The fourth-order valence-corrected chi connectivity index (χ4v) is 1.19. The van der Waals surface area contributed by atoms with Crippen LogP contribution in [0.2, 0.25) is 0 Å². The van der Waals surface area contributed by atoms with Gasteiger partial charge in [0.25, 0.3) is 0 Å². The lowest BCUT2D eigenvalue weighted by Crippen LogP contribution is -1.96. The molecule has 5 heteroatoms. The summed E-state index contributed by atoms with van der Waals surface area (Å²) in [4.78, 5) is 13.6. The number of aldehydes is 1. The summed E-state index contributed by atoms with van der Waals surface area (Å²) in [5.41, 5.74) is -0.0947. The van der Waals surface area contributed by atoms with Crippen molar-refractivity contribution >= 4 is 22.2 Å². The van der Waals surface area contributed by atoms with E-state index in [4.69, 9.17) is 4.74 Å². The molecule has 0 aliphatic heterocycles. The first-order chi connectivity index (χ1) is 5.69. The Bertz CT molecular complexity index is 317. The van der Waals surface area contributed by atoms with Crippen LogP contribution in [0, 0.1) is 5.95 Å². The standard InChI is InChI=1S/C7H5BrFNO2/c1-12-7-5(8)2-4(3-11)6(9)10-7/h2-3H,1H3. The number of nitrogens with zero attached hydrogens (tertiary/aromatic N) is 1. The number of carbonyl (C=O) groups is 1. The quantitative estimate of drug-likeness (QED) is 0.578. The second-order valence-corrected chi connectivity index (χ2v) is 2.83. The maximum Gasteiger partial charge on any atom is 0.230 e. The summed E-state index contributed by atoms with van der Waals surface area (Å²) in [7, 11) is 1.37. The lowest BCUT2D eigenvalue weighted by atomic mass is 10.3. The summed E-state index contributed by atoms with van der Waals surface area (Å²) in [5, 5.41) is 0. The first-order valence-electron chi connectivity index (χ1n) is 3.04. The SMILES string of the molecule is COc1nc(F)c(C=O)cc1Br. The highest BCUT2D eigenvalue weighted by atomic mass is 79.9. The normalized spacial score (nSPS) is 9.58. The van der Waals surface area contributed by atoms with Gasteiger partial charge in [-0.05, 0) is 22.0 Å². The van der Waals surface area contributed by atoms with Crippen LogP contribution in [0.25, 0.3) is 0 Å². The molecule has 0 aromatic carbocycles. The molecular weight excluding hydrogens is 229 g/mol. The predicted octanol–water partition coefficient (Wildman–Crippen LogP) is 1.80. The predicted molar refractivity (Wildman–Crippen MR) is 43.8 cm³/mol. The van der Waals surface area contributed by atoms with Crippen molar-refractivity contribution < 1.29 is 13.9 Å². The Morgan fingerprint density at radius 3 is 2.92 bits per heavy atom. The smallest absolute Gasteiger partial charge is 0.230 e. The molecule has 0 unspecified atom stereocenters. The summed E-state index contributed by atoms with van der Waals surface area (Å²) in [6.07, 6.45) is 0.395. The van der Waals surface area contributed by atoms with E-state index in [1.807, 2.05) is 0 Å². The van der Waals surface area contributed by atoms with E-state index >= 15 is 0 Å². The Morgan fingerprint density at radius 1 is 1.75 bits per heavy atom. The average molecular weight is 234 g/mol. The van der Waals surface area contributed by atoms with E-state index in [2.05, 4.69) is 20.9 Å². The van der Waals surface area contributed by atoms with Crippen LogP contribution in [0.3, 0.4) is 0 Å². The first kappa shape index (κ1) is 9.12. The molecule has 1 aromatic heterocycles. The third-order valence-electron chi connectivity index (χ3n) is 1.24. The topological polar surface area (TPSA) is 39.2 Å². The molecule has 0 aliphatic rings. The molecule has 0 saturated heterocycles. The van der Waals surface area contributed by atoms with E-state index < -0.39 is 5.95 Å². The van der Waals surface area contributed by atoms with Crippen molar-refractivity contribution in [2.24, 2.45) is 0 Å². The number of halogens is 2. The second-order valence-electron chi connectivity index (χ2n) is 1.98. The summed E-state index contributed by atoms with van der Waals surface area (Å²) in [6.45, 7) is 0. The number of hydrogen-bond acceptors (Lipinski definition) is 3. The van der Waals surface area contributed by atoms with Crippen LogP contribution >= 0.6 is 15.9 Å². The van der Waals surface area contributed by atoms with Crippen molar-refractivity contribution in [2.45, 2.75) is 0 Å². The van der Waals surface area contributed by atoms with E-state index in [1.165, 1.54) is 13.2 Å². The molecular formula is C7H5BrFNO2. The summed E-state index contributed by atoms with van der Waals surface area (Å²) < 4.78 is 17.9. The molecule has 0 atom stereocenters. The van der Waals surface area contributed by atoms with E-state index in [1.54, 1.807) is 0 Å². The van der Waals surface area contributed by atoms with Gasteiger partial charge in [-0.25, -0.2) is 0 Å². The summed E-state index contributed by atoms with van der Waals surface area (Å²) in [5.74, 6) is -0.705. The number of hydrogen-bond donors (Lipinski definition) is 0. The molecule has 12 heavy (non-hydrogen) atoms. The molecule has 1 rings (SSSR count). The van der Waals surface area contributed by atoms with Crippen LogP contribution in [0.15, 0.2) is 10.5 Å². The van der Waals surface area contributed by atoms with E-state index in [9.17, 15) is 9.18 Å². The molecule has 0 fully saturated rings. The molecule has 1 aromatic rings. The Hall–Kier alpha value is -0.970. The van der Waals surface area contributed by atoms with Gasteiger partial charge in [0, 0.05) is 0 Å². The molecule has 0 aliphatic carbocycles. The van der Waals surface area contributed by atoms with Crippen LogP contribution in [0.4, 0.5) is 4.39 Å². The molecule has 1 heterocycles.